The third-order valence-corrected chi connectivity index (χ3v) is 9.83. The highest BCUT2D eigenvalue weighted by atomic mass is 35.5. The van der Waals surface area contributed by atoms with Crippen molar-refractivity contribution in [3.63, 3.8) is 0 Å². The zero-order valence-corrected chi connectivity index (χ0v) is 30.1. The summed E-state index contributed by atoms with van der Waals surface area (Å²) in [6, 6.07) is 7.72. The summed E-state index contributed by atoms with van der Waals surface area (Å²) >= 11 is 6.68. The summed E-state index contributed by atoms with van der Waals surface area (Å²) in [5.41, 5.74) is 1.47. The summed E-state index contributed by atoms with van der Waals surface area (Å²) in [4.78, 5) is 0. The third-order valence-electron chi connectivity index (χ3n) is 9.52. The number of rotatable bonds is 17. The van der Waals surface area contributed by atoms with E-state index in [0.717, 1.165) is 37.0 Å². The third kappa shape index (κ3) is 8.87. The highest BCUT2D eigenvalue weighted by Crippen LogP contribution is 2.41. The van der Waals surface area contributed by atoms with Crippen LogP contribution in [0.25, 0.3) is 0 Å². The summed E-state index contributed by atoms with van der Waals surface area (Å²) in [5, 5.41) is 17.3. The Morgan fingerprint density at radius 3 is 1.85 bits per heavy atom. The van der Waals surface area contributed by atoms with Crippen LogP contribution in [0.4, 0.5) is 33.3 Å². The number of nitrogens with one attached hydrogen (secondary N) is 2. The highest BCUT2D eigenvalue weighted by molar-refractivity contribution is 6.33. The molecule has 0 fully saturated rings. The first-order valence-corrected chi connectivity index (χ1v) is 17.3. The van der Waals surface area contributed by atoms with Gasteiger partial charge in [-0.15, -0.1) is 0 Å². The molecule has 3 aromatic rings. The first-order valence-electron chi connectivity index (χ1n) is 16.9. The lowest BCUT2D eigenvalue weighted by Crippen LogP contribution is -2.29. The lowest BCUT2D eigenvalue weighted by molar-refractivity contribution is 0.210. The molecule has 3 N–H and O–H groups in total. The summed E-state index contributed by atoms with van der Waals surface area (Å²) in [6.45, 7) is 17.0. The molecule has 0 aliphatic rings. The van der Waals surface area contributed by atoms with E-state index < -0.39 is 46.9 Å². The number of hydrogen-bond acceptors (Lipinski definition) is 4. The molecule has 4 nitrogen and oxygen atoms in total. The van der Waals surface area contributed by atoms with Crippen molar-refractivity contribution in [3.8, 4) is 11.5 Å². The molecule has 2 unspecified atom stereocenters. The average Bonchev–Trinajstić information content (AvgIpc) is 3.06. The molecule has 0 heterocycles. The molecule has 3 rings (SSSR count). The number of hydrogen-bond donors (Lipinski definition) is 3. The minimum atomic E-state index is -2.23. The van der Waals surface area contributed by atoms with E-state index in [1.807, 2.05) is 13.0 Å². The zero-order valence-electron chi connectivity index (χ0n) is 29.3. The Morgan fingerprint density at radius 1 is 0.729 bits per heavy atom. The van der Waals surface area contributed by atoms with Gasteiger partial charge in [-0.2, -0.15) is 0 Å². The molecule has 10 heteroatoms. The topological polar surface area (TPSA) is 53.5 Å². The minimum absolute atomic E-state index is 0.0100. The van der Waals surface area contributed by atoms with Crippen LogP contribution in [-0.2, 0) is 10.8 Å². The number of ether oxygens (including phenoxy) is 1. The van der Waals surface area contributed by atoms with Gasteiger partial charge in [0.25, 0.3) is 0 Å². The first kappa shape index (κ1) is 39.2. The average molecular weight is 697 g/mol. The first-order chi connectivity index (χ1) is 22.5. The summed E-state index contributed by atoms with van der Waals surface area (Å²) in [7, 11) is 0. The molecule has 0 aromatic heterocycles. The van der Waals surface area contributed by atoms with Gasteiger partial charge in [0, 0.05) is 18.1 Å². The molecule has 0 spiro atoms. The van der Waals surface area contributed by atoms with Crippen molar-refractivity contribution in [2.45, 2.75) is 130 Å². The van der Waals surface area contributed by atoms with Crippen molar-refractivity contribution in [1.82, 2.24) is 0 Å². The zero-order chi connectivity index (χ0) is 36.0. The Balaban J connectivity index is 1.99. The predicted octanol–water partition coefficient (Wildman–Crippen LogP) is 12.5. The van der Waals surface area contributed by atoms with E-state index in [0.29, 0.717) is 24.9 Å². The lowest BCUT2D eigenvalue weighted by atomic mass is 9.76. The van der Waals surface area contributed by atoms with E-state index in [1.165, 1.54) is 17.7 Å². The molecule has 3 aromatic carbocycles. The predicted molar refractivity (Wildman–Crippen MR) is 186 cm³/mol. The second-order valence-corrected chi connectivity index (χ2v) is 14.2. The Morgan fingerprint density at radius 2 is 1.29 bits per heavy atom. The lowest BCUT2D eigenvalue weighted by Gasteiger charge is -2.32. The monoisotopic (exact) mass is 696 g/mol. The van der Waals surface area contributed by atoms with Gasteiger partial charge in [-0.05, 0) is 54.2 Å². The van der Waals surface area contributed by atoms with Crippen molar-refractivity contribution in [3.05, 3.63) is 81.1 Å². The van der Waals surface area contributed by atoms with Gasteiger partial charge in [-0.3, -0.25) is 0 Å². The maximum absolute atomic E-state index is 14.8. The molecular weight excluding hydrogens is 647 g/mol. The van der Waals surface area contributed by atoms with Crippen molar-refractivity contribution in [2.24, 2.45) is 0 Å². The Labute approximate surface area is 287 Å². The fourth-order valence-electron chi connectivity index (χ4n) is 5.45. The number of anilines is 2. The molecule has 0 saturated heterocycles. The van der Waals surface area contributed by atoms with Crippen LogP contribution < -0.4 is 15.4 Å². The maximum Gasteiger partial charge on any atom is 0.200 e. The smallest absolute Gasteiger partial charge is 0.200 e. The standard InChI is InChI=1S/C38H50ClF5N2O2/c1-9-13-15-25(31-32(40)34(42)36(44)35(43)33(31)41)45-27-20-24(39)26(21-28(27)47)46-30(16-14-10-2)48-29-18-17-22(37(5,6)11-3)19-23(29)38(7,8)12-4/h17-21,25,30,45-47H,9-16H2,1-8H3. The fraction of sp³-hybridized carbons (Fsp3) is 0.526. The van der Waals surface area contributed by atoms with E-state index in [-0.39, 0.29) is 33.7 Å². The highest BCUT2D eigenvalue weighted by Gasteiger charge is 2.31. The van der Waals surface area contributed by atoms with Gasteiger partial charge < -0.3 is 20.5 Å². The van der Waals surface area contributed by atoms with Crippen molar-refractivity contribution in [2.75, 3.05) is 10.6 Å². The van der Waals surface area contributed by atoms with Gasteiger partial charge >= 0.3 is 0 Å². The van der Waals surface area contributed by atoms with Crippen LogP contribution >= 0.6 is 11.6 Å². The van der Waals surface area contributed by atoms with Gasteiger partial charge in [0.1, 0.15) is 11.5 Å². The van der Waals surface area contributed by atoms with E-state index in [2.05, 4.69) is 71.2 Å². The largest absolute Gasteiger partial charge is 0.506 e. The van der Waals surface area contributed by atoms with E-state index in [1.54, 1.807) is 0 Å². The molecule has 0 radical (unpaired) electrons. The molecule has 2 atom stereocenters. The number of unbranched alkanes of at least 4 members (excludes halogenated alkanes) is 2. The molecule has 266 valence electrons. The van der Waals surface area contributed by atoms with Crippen LogP contribution in [0.15, 0.2) is 30.3 Å². The number of phenolic OH excluding ortho intramolecular Hbond substituents is 1. The van der Waals surface area contributed by atoms with Crippen molar-refractivity contribution in [1.29, 1.82) is 0 Å². The molecule has 48 heavy (non-hydrogen) atoms. The van der Waals surface area contributed by atoms with Gasteiger partial charge in [-0.1, -0.05) is 98.4 Å². The molecular formula is C38H50ClF5N2O2. The van der Waals surface area contributed by atoms with Gasteiger partial charge in [-0.25, -0.2) is 22.0 Å². The van der Waals surface area contributed by atoms with Crippen LogP contribution in [0.3, 0.4) is 0 Å². The number of benzene rings is 3. The van der Waals surface area contributed by atoms with E-state index in [9.17, 15) is 27.1 Å². The second-order valence-electron chi connectivity index (χ2n) is 13.8. The summed E-state index contributed by atoms with van der Waals surface area (Å²) in [6.07, 6.45) is 4.77. The van der Waals surface area contributed by atoms with Crippen LogP contribution in [-0.4, -0.2) is 11.3 Å². The molecule has 0 aliphatic heterocycles. The van der Waals surface area contributed by atoms with Crippen molar-refractivity contribution < 1.29 is 31.8 Å². The molecule has 0 bridgehead atoms. The SMILES string of the molecule is CCCCC(Nc1cc(O)c(NC(CCCC)c2c(F)c(F)c(F)c(F)c2F)cc1Cl)Oc1ccc(C(C)(C)CC)cc1C(C)(C)CC. The minimum Gasteiger partial charge on any atom is -0.506 e. The normalized spacial score (nSPS) is 13.4. The second kappa shape index (κ2) is 16.5. The number of phenols is 1. The van der Waals surface area contributed by atoms with Crippen molar-refractivity contribution >= 4 is 23.0 Å². The van der Waals surface area contributed by atoms with Crippen LogP contribution in [0.5, 0.6) is 11.5 Å². The number of aromatic hydroxyl groups is 1. The number of halogens is 6. The van der Waals surface area contributed by atoms with Crippen LogP contribution in [0, 0.1) is 29.1 Å². The molecule has 0 aliphatic carbocycles. The van der Waals surface area contributed by atoms with Crippen LogP contribution in [0.1, 0.15) is 129 Å². The maximum atomic E-state index is 14.8. The van der Waals surface area contributed by atoms with Crippen LogP contribution in [0.2, 0.25) is 5.02 Å². The Bertz CT molecular complexity index is 1530. The quantitative estimate of drug-likeness (QED) is 0.0432. The summed E-state index contributed by atoms with van der Waals surface area (Å²) in [5.74, 6) is -9.71. The molecule has 0 saturated carbocycles. The van der Waals surface area contributed by atoms with E-state index >= 15 is 0 Å². The molecule has 0 amide bonds. The Kier molecular flexibility index (Phi) is 13.5. The fourth-order valence-corrected chi connectivity index (χ4v) is 5.67. The van der Waals surface area contributed by atoms with Gasteiger partial charge in [0.15, 0.2) is 29.5 Å². The van der Waals surface area contributed by atoms with Gasteiger partial charge in [0.05, 0.1) is 28.0 Å². The Hall–Kier alpha value is -3.20. The summed E-state index contributed by atoms with van der Waals surface area (Å²) < 4.78 is 78.2. The van der Waals surface area contributed by atoms with E-state index in [4.69, 9.17) is 16.3 Å². The van der Waals surface area contributed by atoms with Gasteiger partial charge in [0.2, 0.25) is 5.82 Å².